The van der Waals surface area contributed by atoms with E-state index >= 15 is 0 Å². The number of piperidine rings is 1. The van der Waals surface area contributed by atoms with E-state index in [-0.39, 0.29) is 6.10 Å². The molecule has 1 heterocycles. The molecule has 16 heavy (non-hydrogen) atoms. The Bertz CT molecular complexity index is 350. The topological polar surface area (TPSA) is 49.8 Å². The summed E-state index contributed by atoms with van der Waals surface area (Å²) in [5.74, 6) is 0. The van der Waals surface area contributed by atoms with Crippen molar-refractivity contribution in [1.29, 1.82) is 0 Å². The van der Waals surface area contributed by atoms with Crippen LogP contribution in [0.25, 0.3) is 0 Å². The number of benzene rings is 1. The van der Waals surface area contributed by atoms with Crippen LogP contribution in [0.15, 0.2) is 30.3 Å². The second-order valence-electron chi connectivity index (χ2n) is 3.84. The monoisotopic (exact) mass is 241 g/mol. The number of hydrogen-bond acceptors (Lipinski definition) is 3. The molecule has 0 bridgehead atoms. The van der Waals surface area contributed by atoms with E-state index in [1.807, 2.05) is 18.2 Å². The van der Waals surface area contributed by atoms with Crippen LogP contribution in [0.2, 0.25) is 0 Å². The Balaban J connectivity index is 1.88. The molecule has 1 fully saturated rings. The van der Waals surface area contributed by atoms with E-state index in [2.05, 4.69) is 17.0 Å². The van der Waals surface area contributed by atoms with E-state index in [4.69, 9.17) is 8.74 Å². The molecule has 0 spiro atoms. The molecule has 1 saturated heterocycles. The van der Waals surface area contributed by atoms with Crippen LogP contribution in [0.4, 0.5) is 5.69 Å². The van der Waals surface area contributed by atoms with Gasteiger partial charge in [-0.25, -0.2) is 0 Å². The van der Waals surface area contributed by atoms with E-state index in [9.17, 15) is 4.21 Å². The van der Waals surface area contributed by atoms with Crippen LogP contribution in [0.3, 0.4) is 0 Å². The SMILES string of the molecule is O=S(O)OC1CCN(c2ccccc2)CC1. The van der Waals surface area contributed by atoms with E-state index in [1.165, 1.54) is 5.69 Å². The van der Waals surface area contributed by atoms with Gasteiger partial charge in [0.15, 0.2) is 0 Å². The number of hydrogen-bond donors (Lipinski definition) is 1. The second-order valence-corrected chi connectivity index (χ2v) is 4.46. The predicted molar refractivity (Wildman–Crippen MR) is 63.5 cm³/mol. The Kier molecular flexibility index (Phi) is 3.93. The maximum absolute atomic E-state index is 10.5. The first-order chi connectivity index (χ1) is 7.75. The molecule has 2 rings (SSSR count). The lowest BCUT2D eigenvalue weighted by Crippen LogP contribution is -2.37. The van der Waals surface area contributed by atoms with Crippen LogP contribution < -0.4 is 4.90 Å². The highest BCUT2D eigenvalue weighted by atomic mass is 32.2. The van der Waals surface area contributed by atoms with Gasteiger partial charge in [-0.3, -0.25) is 8.74 Å². The lowest BCUT2D eigenvalue weighted by molar-refractivity contribution is 0.174. The summed E-state index contributed by atoms with van der Waals surface area (Å²) in [6, 6.07) is 10.2. The normalized spacial score (nSPS) is 19.7. The van der Waals surface area contributed by atoms with Gasteiger partial charge in [0.1, 0.15) is 0 Å². The maximum Gasteiger partial charge on any atom is 0.302 e. The van der Waals surface area contributed by atoms with Crippen molar-refractivity contribution in [3.05, 3.63) is 30.3 Å². The van der Waals surface area contributed by atoms with Gasteiger partial charge in [-0.2, -0.15) is 4.21 Å². The molecule has 1 aliphatic rings. The van der Waals surface area contributed by atoms with Crippen molar-refractivity contribution in [3.8, 4) is 0 Å². The van der Waals surface area contributed by atoms with E-state index < -0.39 is 11.4 Å². The third kappa shape index (κ3) is 3.04. The summed E-state index contributed by atoms with van der Waals surface area (Å²) < 4.78 is 24.0. The number of anilines is 1. The Labute approximate surface area is 97.7 Å². The molecule has 88 valence electrons. The molecule has 4 nitrogen and oxygen atoms in total. The van der Waals surface area contributed by atoms with Crippen LogP contribution in [-0.4, -0.2) is 28.0 Å². The van der Waals surface area contributed by atoms with Crippen LogP contribution in [-0.2, 0) is 15.5 Å². The summed E-state index contributed by atoms with van der Waals surface area (Å²) >= 11 is -2.14. The maximum atomic E-state index is 10.5. The fraction of sp³-hybridized carbons (Fsp3) is 0.455. The third-order valence-electron chi connectivity index (χ3n) is 2.78. The fourth-order valence-corrected chi connectivity index (χ4v) is 2.39. The Hall–Kier alpha value is -0.910. The van der Waals surface area contributed by atoms with Crippen molar-refractivity contribution in [3.63, 3.8) is 0 Å². The van der Waals surface area contributed by atoms with Gasteiger partial charge in [0, 0.05) is 18.8 Å². The van der Waals surface area contributed by atoms with Gasteiger partial charge >= 0.3 is 11.4 Å². The molecule has 1 N–H and O–H groups in total. The molecular formula is C11H15NO3S. The van der Waals surface area contributed by atoms with Crippen molar-refractivity contribution in [2.45, 2.75) is 18.9 Å². The molecule has 0 radical (unpaired) electrons. The highest BCUT2D eigenvalue weighted by Crippen LogP contribution is 2.21. The first-order valence-corrected chi connectivity index (χ1v) is 6.37. The lowest BCUT2D eigenvalue weighted by Gasteiger charge is -2.32. The van der Waals surface area contributed by atoms with Gasteiger partial charge in [0.05, 0.1) is 6.10 Å². The third-order valence-corrected chi connectivity index (χ3v) is 3.22. The number of nitrogens with zero attached hydrogens (tertiary/aromatic N) is 1. The average molecular weight is 241 g/mol. The van der Waals surface area contributed by atoms with Gasteiger partial charge in [-0.1, -0.05) is 18.2 Å². The number of para-hydroxylation sites is 1. The fourth-order valence-electron chi connectivity index (χ4n) is 1.97. The molecule has 0 aliphatic carbocycles. The summed E-state index contributed by atoms with van der Waals surface area (Å²) in [7, 11) is 0. The van der Waals surface area contributed by atoms with Crippen LogP contribution in [0, 0.1) is 0 Å². The van der Waals surface area contributed by atoms with Crippen molar-refractivity contribution >= 4 is 17.0 Å². The zero-order chi connectivity index (χ0) is 11.4. The molecule has 1 atom stereocenters. The quantitative estimate of drug-likeness (QED) is 0.820. The summed E-state index contributed by atoms with van der Waals surface area (Å²) in [5.41, 5.74) is 1.20. The van der Waals surface area contributed by atoms with Gasteiger partial charge in [-0.15, -0.1) is 0 Å². The summed E-state index contributed by atoms with van der Waals surface area (Å²) in [4.78, 5) is 2.26. The predicted octanol–water partition coefficient (Wildman–Crippen LogP) is 1.81. The van der Waals surface area contributed by atoms with Crippen molar-refractivity contribution in [1.82, 2.24) is 0 Å². The first-order valence-electron chi connectivity index (χ1n) is 5.33. The summed E-state index contributed by atoms with van der Waals surface area (Å²) in [5, 5.41) is 0. The molecule has 0 aromatic heterocycles. The minimum atomic E-state index is -2.14. The highest BCUT2D eigenvalue weighted by Gasteiger charge is 2.21. The van der Waals surface area contributed by atoms with Crippen LogP contribution in [0.5, 0.6) is 0 Å². The average Bonchev–Trinajstić information content (AvgIpc) is 2.30. The molecule has 1 aromatic carbocycles. The smallest absolute Gasteiger partial charge is 0.302 e. The van der Waals surface area contributed by atoms with Crippen LogP contribution in [0.1, 0.15) is 12.8 Å². The van der Waals surface area contributed by atoms with Gasteiger partial charge in [0.2, 0.25) is 0 Å². The van der Waals surface area contributed by atoms with E-state index in [1.54, 1.807) is 0 Å². The molecule has 1 aliphatic heterocycles. The van der Waals surface area contributed by atoms with Crippen molar-refractivity contribution in [2.24, 2.45) is 0 Å². The minimum absolute atomic E-state index is 0.0919. The zero-order valence-corrected chi connectivity index (χ0v) is 9.73. The Morgan fingerprint density at radius 2 is 1.88 bits per heavy atom. The van der Waals surface area contributed by atoms with Crippen LogP contribution >= 0.6 is 0 Å². The number of rotatable bonds is 3. The molecule has 5 heteroatoms. The standard InChI is InChI=1S/C11H15NO3S/c13-16(14)15-11-6-8-12(9-7-11)10-4-2-1-3-5-10/h1-5,11H,6-9H2,(H,13,14). The molecule has 0 amide bonds. The van der Waals surface area contributed by atoms with Gasteiger partial charge in [0.25, 0.3) is 0 Å². The van der Waals surface area contributed by atoms with Gasteiger partial charge in [-0.05, 0) is 25.0 Å². The molecule has 0 saturated carbocycles. The minimum Gasteiger partial charge on any atom is -0.371 e. The van der Waals surface area contributed by atoms with E-state index in [0.29, 0.717) is 0 Å². The van der Waals surface area contributed by atoms with Crippen molar-refractivity contribution < 1.29 is 12.9 Å². The molecular weight excluding hydrogens is 226 g/mol. The lowest BCUT2D eigenvalue weighted by atomic mass is 10.1. The Morgan fingerprint density at radius 1 is 1.25 bits per heavy atom. The van der Waals surface area contributed by atoms with Gasteiger partial charge < -0.3 is 4.90 Å². The summed E-state index contributed by atoms with van der Waals surface area (Å²) in [6.45, 7) is 1.73. The molecule has 1 aromatic rings. The highest BCUT2D eigenvalue weighted by molar-refractivity contribution is 7.74. The van der Waals surface area contributed by atoms with Crippen molar-refractivity contribution in [2.75, 3.05) is 18.0 Å². The van der Waals surface area contributed by atoms with E-state index in [0.717, 1.165) is 25.9 Å². The second kappa shape index (κ2) is 5.43. The largest absolute Gasteiger partial charge is 0.371 e. The zero-order valence-electron chi connectivity index (χ0n) is 8.91. The molecule has 1 unspecified atom stereocenters. The Morgan fingerprint density at radius 3 is 2.44 bits per heavy atom. The first kappa shape index (κ1) is 11.6. The summed E-state index contributed by atoms with van der Waals surface area (Å²) in [6.07, 6.45) is 1.49.